The number of carbonyl (C=O) groups excluding carboxylic acids is 1. The number of carbonyl (C=O) groups is 1. The van der Waals surface area contributed by atoms with E-state index in [1.807, 2.05) is 6.07 Å². The molecule has 1 amide bonds. The summed E-state index contributed by atoms with van der Waals surface area (Å²) in [4.78, 5) is 17.1. The molecule has 0 aliphatic carbocycles. The van der Waals surface area contributed by atoms with E-state index in [0.717, 1.165) is 5.56 Å². The number of halogens is 5. The Balaban J connectivity index is 0.00000312. The largest absolute Gasteiger partial charge is 0.405 e. The van der Waals surface area contributed by atoms with Gasteiger partial charge in [0.2, 0.25) is 5.91 Å². The monoisotopic (exact) mass is 434 g/mol. The first kappa shape index (κ1) is 25.3. The van der Waals surface area contributed by atoms with Gasteiger partial charge in [0.1, 0.15) is 6.04 Å². The van der Waals surface area contributed by atoms with Gasteiger partial charge in [-0.2, -0.15) is 13.2 Å². The van der Waals surface area contributed by atoms with E-state index in [-0.39, 0.29) is 36.5 Å². The van der Waals surface area contributed by atoms with Gasteiger partial charge in [0, 0.05) is 50.9 Å². The highest BCUT2D eigenvalue weighted by atomic mass is 35.5. The van der Waals surface area contributed by atoms with Crippen LogP contribution in [-0.2, 0) is 10.5 Å². The van der Waals surface area contributed by atoms with Crippen LogP contribution in [-0.4, -0.2) is 66.5 Å². The van der Waals surface area contributed by atoms with Crippen LogP contribution in [0.3, 0.4) is 0 Å². The molecule has 0 bridgehead atoms. The van der Waals surface area contributed by atoms with Gasteiger partial charge in [0.25, 0.3) is 0 Å². The van der Waals surface area contributed by atoms with Gasteiger partial charge in [-0.15, -0.1) is 36.6 Å². The maximum Gasteiger partial charge on any atom is 0.405 e. The third kappa shape index (κ3) is 8.77. The highest BCUT2D eigenvalue weighted by Gasteiger charge is 2.43. The van der Waals surface area contributed by atoms with E-state index < -0.39 is 18.8 Å². The topological polar surface area (TPSA) is 57.3 Å². The summed E-state index contributed by atoms with van der Waals surface area (Å²) in [6.07, 6.45) is -0.989. The number of nitrogens with one attached hydrogen (secondary N) is 2. The van der Waals surface area contributed by atoms with Crippen molar-refractivity contribution in [2.24, 2.45) is 0 Å². The molecule has 1 saturated heterocycles. The van der Waals surface area contributed by atoms with Crippen molar-refractivity contribution in [2.45, 2.75) is 18.0 Å². The van der Waals surface area contributed by atoms with Crippen LogP contribution in [0.15, 0.2) is 24.5 Å². The van der Waals surface area contributed by atoms with Crippen LogP contribution in [0, 0.1) is 0 Å². The zero-order chi connectivity index (χ0) is 17.4. The molecule has 26 heavy (non-hydrogen) atoms. The number of amides is 1. The fraction of sp³-hybridized carbons (Fsp3) is 0.600. The van der Waals surface area contributed by atoms with Crippen molar-refractivity contribution in [1.82, 2.24) is 20.5 Å². The number of hydrogen-bond donors (Lipinski definition) is 2. The van der Waals surface area contributed by atoms with Crippen molar-refractivity contribution in [1.29, 1.82) is 0 Å². The fourth-order valence-electron chi connectivity index (χ4n) is 2.45. The Morgan fingerprint density at radius 3 is 2.62 bits per heavy atom. The number of thioether (sulfide) groups is 1. The van der Waals surface area contributed by atoms with Crippen molar-refractivity contribution >= 4 is 42.5 Å². The number of hydrogen-bond acceptors (Lipinski definition) is 5. The van der Waals surface area contributed by atoms with E-state index in [2.05, 4.69) is 15.6 Å². The number of piperazine rings is 1. The lowest BCUT2D eigenvalue weighted by atomic mass is 10.2. The molecule has 0 saturated carbocycles. The van der Waals surface area contributed by atoms with Crippen LogP contribution in [0.1, 0.15) is 5.56 Å². The van der Waals surface area contributed by atoms with Gasteiger partial charge in [-0.3, -0.25) is 14.7 Å². The van der Waals surface area contributed by atoms with Crippen LogP contribution in [0.5, 0.6) is 0 Å². The third-order valence-corrected chi connectivity index (χ3v) is 4.69. The molecular formula is C15H23Cl2F3N4OS. The Kier molecular flexibility index (Phi) is 12.3. The molecule has 1 aromatic heterocycles. The minimum Gasteiger partial charge on any atom is -0.353 e. The lowest BCUT2D eigenvalue weighted by molar-refractivity contribution is -0.183. The highest BCUT2D eigenvalue weighted by Crippen LogP contribution is 2.24. The molecule has 150 valence electrons. The maximum absolute atomic E-state index is 13.2. The van der Waals surface area contributed by atoms with Gasteiger partial charge in [-0.05, 0) is 11.6 Å². The van der Waals surface area contributed by atoms with Crippen molar-refractivity contribution in [3.8, 4) is 0 Å². The lowest BCUT2D eigenvalue weighted by Gasteiger charge is -2.35. The Hall–Kier alpha value is -0.740. The zero-order valence-corrected chi connectivity index (χ0v) is 16.4. The molecule has 0 aromatic carbocycles. The molecule has 2 rings (SSSR count). The summed E-state index contributed by atoms with van der Waals surface area (Å²) in [6, 6.07) is 2.06. The van der Waals surface area contributed by atoms with E-state index in [1.54, 1.807) is 18.5 Å². The van der Waals surface area contributed by atoms with Gasteiger partial charge in [0.15, 0.2) is 0 Å². The molecule has 1 aliphatic rings. The number of alkyl halides is 3. The van der Waals surface area contributed by atoms with E-state index in [4.69, 9.17) is 0 Å². The molecule has 1 fully saturated rings. The number of nitrogens with zero attached hydrogens (tertiary/aromatic N) is 2. The summed E-state index contributed by atoms with van der Waals surface area (Å²) in [5, 5.41) is 5.44. The Bertz CT molecular complexity index is 519. The number of pyridine rings is 1. The summed E-state index contributed by atoms with van der Waals surface area (Å²) in [6.45, 7) is 1.31. The Labute approximate surface area is 167 Å². The third-order valence-electron chi connectivity index (χ3n) is 3.69. The minimum atomic E-state index is -4.35. The SMILES string of the molecule is Cl.Cl.O=C(CSCc1cccnc1)NCC(N1CCNCC1)C(F)(F)F. The summed E-state index contributed by atoms with van der Waals surface area (Å²) in [5.74, 6) is 0.344. The molecule has 1 unspecified atom stereocenters. The summed E-state index contributed by atoms with van der Waals surface area (Å²) >= 11 is 1.35. The standard InChI is InChI=1S/C15H21F3N4OS.2ClH/c16-15(17,18)13(22-6-4-19-5-7-22)9-21-14(23)11-24-10-12-2-1-3-20-8-12;;/h1-3,8,13,19H,4-7,9-11H2,(H,21,23);2*1H. The molecule has 0 radical (unpaired) electrons. The molecule has 1 atom stereocenters. The fourth-order valence-corrected chi connectivity index (χ4v) is 3.25. The number of aromatic nitrogens is 1. The van der Waals surface area contributed by atoms with Crippen LogP contribution >= 0.6 is 36.6 Å². The Morgan fingerprint density at radius 2 is 2.04 bits per heavy atom. The zero-order valence-electron chi connectivity index (χ0n) is 14.0. The minimum absolute atomic E-state index is 0. The van der Waals surface area contributed by atoms with Gasteiger partial charge >= 0.3 is 6.18 Å². The molecule has 0 spiro atoms. The first-order valence-electron chi connectivity index (χ1n) is 7.71. The van der Waals surface area contributed by atoms with E-state index in [0.29, 0.717) is 31.9 Å². The van der Waals surface area contributed by atoms with E-state index in [9.17, 15) is 18.0 Å². The average Bonchev–Trinajstić information content (AvgIpc) is 2.56. The molecule has 1 aromatic rings. The predicted octanol–water partition coefficient (Wildman–Crippen LogP) is 2.11. The van der Waals surface area contributed by atoms with Crippen molar-refractivity contribution < 1.29 is 18.0 Å². The summed E-state index contributed by atoms with van der Waals surface area (Å²) in [5.41, 5.74) is 0.976. The van der Waals surface area contributed by atoms with Gasteiger partial charge in [-0.25, -0.2) is 0 Å². The Morgan fingerprint density at radius 1 is 1.35 bits per heavy atom. The van der Waals surface area contributed by atoms with E-state index in [1.165, 1.54) is 16.7 Å². The van der Waals surface area contributed by atoms with Gasteiger partial charge in [0.05, 0.1) is 5.75 Å². The molecule has 5 nitrogen and oxygen atoms in total. The molecule has 2 heterocycles. The predicted molar refractivity (Wildman–Crippen MR) is 102 cm³/mol. The van der Waals surface area contributed by atoms with Crippen LogP contribution in [0.4, 0.5) is 13.2 Å². The van der Waals surface area contributed by atoms with Crippen LogP contribution in [0.25, 0.3) is 0 Å². The van der Waals surface area contributed by atoms with Gasteiger partial charge < -0.3 is 10.6 Å². The second-order valence-corrected chi connectivity index (χ2v) is 6.49. The lowest BCUT2D eigenvalue weighted by Crippen LogP contribution is -2.57. The number of rotatable bonds is 7. The van der Waals surface area contributed by atoms with Crippen molar-refractivity contribution in [3.05, 3.63) is 30.1 Å². The summed E-state index contributed by atoms with van der Waals surface area (Å²) < 4.78 is 39.6. The van der Waals surface area contributed by atoms with E-state index >= 15 is 0 Å². The average molecular weight is 435 g/mol. The highest BCUT2D eigenvalue weighted by molar-refractivity contribution is 7.99. The summed E-state index contributed by atoms with van der Waals surface area (Å²) in [7, 11) is 0. The van der Waals surface area contributed by atoms with Crippen molar-refractivity contribution in [3.63, 3.8) is 0 Å². The quantitative estimate of drug-likeness (QED) is 0.688. The second kappa shape index (κ2) is 12.6. The van der Waals surface area contributed by atoms with Gasteiger partial charge in [-0.1, -0.05) is 6.07 Å². The second-order valence-electron chi connectivity index (χ2n) is 5.50. The first-order chi connectivity index (χ1) is 11.5. The first-order valence-corrected chi connectivity index (χ1v) is 8.87. The smallest absolute Gasteiger partial charge is 0.353 e. The molecule has 2 N–H and O–H groups in total. The van der Waals surface area contributed by atoms with Crippen molar-refractivity contribution in [2.75, 3.05) is 38.5 Å². The normalized spacial score (nSPS) is 16.1. The van der Waals surface area contributed by atoms with Crippen LogP contribution < -0.4 is 10.6 Å². The van der Waals surface area contributed by atoms with Crippen LogP contribution in [0.2, 0.25) is 0 Å². The maximum atomic E-state index is 13.2. The molecular weight excluding hydrogens is 412 g/mol. The molecule has 1 aliphatic heterocycles. The molecule has 11 heteroatoms.